The van der Waals surface area contributed by atoms with Crippen LogP contribution in [0.3, 0.4) is 0 Å². The minimum absolute atomic E-state index is 0.0484. The predicted molar refractivity (Wildman–Crippen MR) is 129 cm³/mol. The molecule has 1 aliphatic heterocycles. The molecular weight excluding hydrogens is 432 g/mol. The van der Waals surface area contributed by atoms with Gasteiger partial charge in [0, 0.05) is 34.2 Å². The normalized spacial score (nSPS) is 43.2. The molecule has 33 heavy (non-hydrogen) atoms. The van der Waals surface area contributed by atoms with Gasteiger partial charge in [0.2, 0.25) is 0 Å². The summed E-state index contributed by atoms with van der Waals surface area (Å²) in [6, 6.07) is 6.27. The first-order chi connectivity index (χ1) is 15.7. The highest BCUT2D eigenvalue weighted by atomic mass is 32.2. The highest BCUT2D eigenvalue weighted by molar-refractivity contribution is 8.01. The maximum absolute atomic E-state index is 12.4. The zero-order valence-electron chi connectivity index (χ0n) is 19.9. The number of thioether (sulfide) groups is 1. The lowest BCUT2D eigenvalue weighted by atomic mass is 9.46. The predicted octanol–water partition coefficient (Wildman–Crippen LogP) is 5.33. The Kier molecular flexibility index (Phi) is 4.87. The Bertz CT molecular complexity index is 1080. The van der Waals surface area contributed by atoms with Crippen LogP contribution >= 0.6 is 11.8 Å². The van der Waals surface area contributed by atoms with E-state index in [0.717, 1.165) is 44.1 Å². The van der Waals surface area contributed by atoms with Gasteiger partial charge in [-0.25, -0.2) is 0 Å². The number of Topliss-reactive ketones (excluding diaryl/α,β-unsaturated/α-hetero) is 1. The van der Waals surface area contributed by atoms with Crippen LogP contribution in [0, 0.1) is 23.2 Å². The van der Waals surface area contributed by atoms with Crippen molar-refractivity contribution in [2.75, 3.05) is 13.7 Å². The van der Waals surface area contributed by atoms with Crippen molar-refractivity contribution in [1.29, 1.82) is 0 Å². The first-order valence-corrected chi connectivity index (χ1v) is 13.3. The molecule has 1 unspecified atom stereocenters. The minimum atomic E-state index is -0.798. The van der Waals surface area contributed by atoms with Crippen molar-refractivity contribution in [2.45, 2.75) is 80.0 Å². The van der Waals surface area contributed by atoms with E-state index in [1.807, 2.05) is 23.9 Å². The van der Waals surface area contributed by atoms with E-state index >= 15 is 0 Å². The lowest BCUT2D eigenvalue weighted by molar-refractivity contribution is -0.149. The number of methoxy groups -OCH3 is 1. The molecule has 3 saturated carbocycles. The van der Waals surface area contributed by atoms with E-state index in [-0.39, 0.29) is 21.7 Å². The first-order valence-electron chi connectivity index (χ1n) is 12.5. The van der Waals surface area contributed by atoms with Crippen LogP contribution in [-0.2, 0) is 9.53 Å². The molecule has 0 saturated heterocycles. The molecule has 0 amide bonds. The Morgan fingerprint density at radius 2 is 2.06 bits per heavy atom. The average Bonchev–Trinajstić information content (AvgIpc) is 3.04. The van der Waals surface area contributed by atoms with Crippen LogP contribution in [0.1, 0.15) is 80.6 Å². The summed E-state index contributed by atoms with van der Waals surface area (Å²) in [5, 5.41) is 11.8. The Labute approximate surface area is 200 Å². The van der Waals surface area contributed by atoms with Crippen molar-refractivity contribution in [3.05, 3.63) is 41.0 Å². The largest absolute Gasteiger partial charge is 0.387 e. The molecule has 7 atom stereocenters. The smallest absolute Gasteiger partial charge is 0.159 e. The van der Waals surface area contributed by atoms with Crippen LogP contribution in [-0.4, -0.2) is 40.7 Å². The number of carbonyl (C=O) groups is 2. The number of ketones is 2. The molecule has 4 nitrogen and oxygen atoms in total. The number of hydrogen-bond donors (Lipinski definition) is 1. The molecule has 1 heterocycles. The van der Waals surface area contributed by atoms with Gasteiger partial charge in [-0.15, -0.1) is 11.8 Å². The van der Waals surface area contributed by atoms with Crippen molar-refractivity contribution < 1.29 is 19.4 Å². The number of hydrogen-bond acceptors (Lipinski definition) is 5. The number of rotatable bonds is 3. The summed E-state index contributed by atoms with van der Waals surface area (Å²) in [6.45, 7) is 4.33. The second-order valence-corrected chi connectivity index (χ2v) is 12.9. The molecule has 1 aromatic carbocycles. The van der Waals surface area contributed by atoms with Gasteiger partial charge in [-0.1, -0.05) is 19.1 Å². The summed E-state index contributed by atoms with van der Waals surface area (Å²) in [4.78, 5) is 25.8. The summed E-state index contributed by atoms with van der Waals surface area (Å²) >= 11 is 1.95. The highest BCUT2D eigenvalue weighted by Crippen LogP contribution is 2.73. The van der Waals surface area contributed by atoms with Crippen LogP contribution in [0.25, 0.3) is 0 Å². The topological polar surface area (TPSA) is 63.6 Å². The molecule has 1 spiro atoms. The van der Waals surface area contributed by atoms with Crippen LogP contribution in [0.2, 0.25) is 0 Å². The lowest BCUT2D eigenvalue weighted by Gasteiger charge is -2.64. The SMILES string of the molecule is COC[C@]1(O)CC[C@H]2[C@@H]3CCC4=CC(=O)CC[C@@]45Sc4cc(C(C)=O)ccc4[C@@H](C[C@@]21C)C35. The van der Waals surface area contributed by atoms with Gasteiger partial charge in [-0.05, 0) is 92.4 Å². The van der Waals surface area contributed by atoms with Gasteiger partial charge in [-0.2, -0.15) is 0 Å². The zero-order chi connectivity index (χ0) is 23.2. The maximum Gasteiger partial charge on any atom is 0.159 e. The van der Waals surface area contributed by atoms with Gasteiger partial charge in [0.05, 0.1) is 12.2 Å². The van der Waals surface area contributed by atoms with E-state index < -0.39 is 5.60 Å². The van der Waals surface area contributed by atoms with Gasteiger partial charge in [0.15, 0.2) is 11.6 Å². The van der Waals surface area contributed by atoms with E-state index in [2.05, 4.69) is 19.1 Å². The molecule has 3 fully saturated rings. The van der Waals surface area contributed by atoms with Crippen molar-refractivity contribution in [1.82, 2.24) is 0 Å². The highest BCUT2D eigenvalue weighted by Gasteiger charge is 2.68. The van der Waals surface area contributed by atoms with Gasteiger partial charge >= 0.3 is 0 Å². The monoisotopic (exact) mass is 466 g/mol. The number of aliphatic hydroxyl groups is 1. The Morgan fingerprint density at radius 1 is 1.24 bits per heavy atom. The average molecular weight is 467 g/mol. The van der Waals surface area contributed by atoms with Crippen molar-refractivity contribution in [3.63, 3.8) is 0 Å². The molecule has 0 bridgehead atoms. The van der Waals surface area contributed by atoms with E-state index in [9.17, 15) is 14.7 Å². The number of carbonyl (C=O) groups excluding carboxylic acids is 2. The van der Waals surface area contributed by atoms with Crippen molar-refractivity contribution >= 4 is 23.3 Å². The second kappa shape index (κ2) is 7.29. The van der Waals surface area contributed by atoms with E-state index in [4.69, 9.17) is 4.74 Å². The van der Waals surface area contributed by atoms with Gasteiger partial charge < -0.3 is 9.84 Å². The summed E-state index contributed by atoms with van der Waals surface area (Å²) in [7, 11) is 1.70. The fraction of sp³-hybridized carbons (Fsp3) is 0.643. The van der Waals surface area contributed by atoms with Gasteiger partial charge in [0.1, 0.15) is 0 Å². The van der Waals surface area contributed by atoms with Gasteiger partial charge in [0.25, 0.3) is 0 Å². The molecule has 0 radical (unpaired) electrons. The van der Waals surface area contributed by atoms with E-state index in [1.54, 1.807) is 14.0 Å². The fourth-order valence-electron chi connectivity index (χ4n) is 8.71. The first kappa shape index (κ1) is 22.1. The summed E-state index contributed by atoms with van der Waals surface area (Å²) in [5.41, 5.74) is 2.45. The Morgan fingerprint density at radius 3 is 2.82 bits per heavy atom. The van der Waals surface area contributed by atoms with Gasteiger partial charge in [-0.3, -0.25) is 9.59 Å². The third-order valence-electron chi connectivity index (χ3n) is 10.2. The lowest BCUT2D eigenvalue weighted by Crippen LogP contribution is -2.61. The Balaban J connectivity index is 1.54. The summed E-state index contributed by atoms with van der Waals surface area (Å²) in [6.07, 6.45) is 8.35. The number of fused-ring (bicyclic) bond motifs is 4. The molecule has 1 N–H and O–H groups in total. The molecule has 4 aliphatic carbocycles. The molecular formula is C28H34O4S. The van der Waals surface area contributed by atoms with Crippen LogP contribution < -0.4 is 0 Å². The third-order valence-corrected chi connectivity index (χ3v) is 11.9. The van der Waals surface area contributed by atoms with Crippen molar-refractivity contribution in [2.24, 2.45) is 23.2 Å². The maximum atomic E-state index is 12.4. The van der Waals surface area contributed by atoms with Crippen LogP contribution in [0.4, 0.5) is 0 Å². The number of ether oxygens (including phenoxy) is 1. The Hall–Kier alpha value is -1.43. The molecule has 176 valence electrons. The standard InChI is InChI=1S/C28H34O4S/c1-16(29)17-4-6-20-22-14-26(2)23(9-10-27(26,31)15-32-3)21-7-5-18-13-19(30)8-11-28(18,25(21)22)33-24(20)12-17/h4,6,12-13,21-23,25,31H,5,7-11,14-15H2,1-3H3/t21-,22+,23-,25?,26-,27+,28+/m0/s1. The van der Waals surface area contributed by atoms with E-state index in [0.29, 0.717) is 36.7 Å². The molecule has 1 aromatic rings. The van der Waals surface area contributed by atoms with Crippen molar-refractivity contribution in [3.8, 4) is 0 Å². The number of benzene rings is 1. The van der Waals surface area contributed by atoms with Crippen LogP contribution in [0.15, 0.2) is 34.7 Å². The zero-order valence-corrected chi connectivity index (χ0v) is 20.7. The fourth-order valence-corrected chi connectivity index (χ4v) is 10.6. The third kappa shape index (κ3) is 2.85. The molecule has 5 aliphatic rings. The van der Waals surface area contributed by atoms with E-state index in [1.165, 1.54) is 16.0 Å². The molecule has 5 heteroatoms. The second-order valence-electron chi connectivity index (χ2n) is 11.5. The quantitative estimate of drug-likeness (QED) is 0.610. The summed E-state index contributed by atoms with van der Waals surface area (Å²) in [5.74, 6) is 2.19. The van der Waals surface area contributed by atoms with Crippen LogP contribution in [0.5, 0.6) is 0 Å². The molecule has 0 aromatic heterocycles. The minimum Gasteiger partial charge on any atom is -0.387 e. The summed E-state index contributed by atoms with van der Waals surface area (Å²) < 4.78 is 5.50. The molecule has 6 rings (SSSR count).